The van der Waals surface area contributed by atoms with Crippen LogP contribution in [-0.2, 0) is 6.61 Å². The number of pyridine rings is 1. The van der Waals surface area contributed by atoms with Crippen LogP contribution in [0.5, 0.6) is 5.88 Å². The molecule has 2 nitrogen and oxygen atoms in total. The largest absolute Gasteiger partial charge is 0.473 e. The van der Waals surface area contributed by atoms with Crippen molar-refractivity contribution < 1.29 is 4.74 Å². The molecule has 0 fully saturated rings. The van der Waals surface area contributed by atoms with E-state index >= 15 is 0 Å². The highest BCUT2D eigenvalue weighted by Gasteiger charge is 2.12. The zero-order valence-electron chi connectivity index (χ0n) is 14.9. The topological polar surface area (TPSA) is 22.1 Å². The van der Waals surface area contributed by atoms with Crippen molar-refractivity contribution in [3.63, 3.8) is 0 Å². The summed E-state index contributed by atoms with van der Waals surface area (Å²) in [4.78, 5) is 4.75. The van der Waals surface area contributed by atoms with Gasteiger partial charge in [0.25, 0.3) is 0 Å². The molecule has 0 spiro atoms. The Morgan fingerprint density at radius 3 is 2.39 bits per heavy atom. The summed E-state index contributed by atoms with van der Waals surface area (Å²) in [5.41, 5.74) is 4.96. The molecule has 0 aliphatic carbocycles. The Morgan fingerprint density at radius 1 is 1.00 bits per heavy atom. The zero-order chi connectivity index (χ0) is 16.7. The number of benzene rings is 1. The summed E-state index contributed by atoms with van der Waals surface area (Å²) >= 11 is 0. The number of aromatic nitrogens is 1. The van der Waals surface area contributed by atoms with Gasteiger partial charge in [0.15, 0.2) is 0 Å². The van der Waals surface area contributed by atoms with Crippen LogP contribution in [0.3, 0.4) is 0 Å². The van der Waals surface area contributed by atoms with Gasteiger partial charge in [-0.05, 0) is 43.9 Å². The maximum Gasteiger partial charge on any atom is 0.213 e. The summed E-state index contributed by atoms with van der Waals surface area (Å²) in [5.74, 6) is 1.29. The van der Waals surface area contributed by atoms with Gasteiger partial charge in [-0.15, -0.1) is 0 Å². The van der Waals surface area contributed by atoms with Crippen molar-refractivity contribution in [2.45, 2.75) is 65.9 Å². The van der Waals surface area contributed by atoms with Crippen molar-refractivity contribution in [2.24, 2.45) is 0 Å². The summed E-state index contributed by atoms with van der Waals surface area (Å²) in [6.07, 6.45) is 4.78. The average Bonchev–Trinajstić information content (AvgIpc) is 2.54. The maximum atomic E-state index is 5.95. The van der Waals surface area contributed by atoms with E-state index in [0.29, 0.717) is 12.5 Å². The van der Waals surface area contributed by atoms with Gasteiger partial charge in [0.05, 0.1) is 0 Å². The Labute approximate surface area is 140 Å². The molecule has 0 amide bonds. The molecule has 0 radical (unpaired) electrons. The molecule has 1 aromatic heterocycles. The van der Waals surface area contributed by atoms with Crippen molar-refractivity contribution in [2.75, 3.05) is 0 Å². The lowest BCUT2D eigenvalue weighted by atomic mass is 9.94. The first kappa shape index (κ1) is 17.5. The molecule has 2 rings (SSSR count). The fourth-order valence-corrected chi connectivity index (χ4v) is 3.04. The van der Waals surface area contributed by atoms with Crippen molar-refractivity contribution in [1.82, 2.24) is 4.98 Å². The van der Waals surface area contributed by atoms with Gasteiger partial charge in [0, 0.05) is 17.7 Å². The third kappa shape index (κ3) is 5.09. The second-order valence-corrected chi connectivity index (χ2v) is 6.39. The van der Waals surface area contributed by atoms with Gasteiger partial charge in [-0.1, -0.05) is 56.5 Å². The number of rotatable bonds is 8. The highest BCUT2D eigenvalue weighted by molar-refractivity contribution is 5.30. The quantitative estimate of drug-likeness (QED) is 0.600. The predicted octanol–water partition coefficient (Wildman–Crippen LogP) is 5.96. The molecule has 124 valence electrons. The molecule has 2 aromatic rings. The number of ether oxygens (including phenoxy) is 1. The van der Waals surface area contributed by atoms with Crippen LogP contribution in [0.2, 0.25) is 0 Å². The first-order valence-corrected chi connectivity index (χ1v) is 8.80. The van der Waals surface area contributed by atoms with E-state index in [1.807, 2.05) is 6.07 Å². The van der Waals surface area contributed by atoms with Gasteiger partial charge >= 0.3 is 0 Å². The normalized spacial score (nSPS) is 11.0. The van der Waals surface area contributed by atoms with Crippen molar-refractivity contribution in [1.29, 1.82) is 0 Å². The number of hydrogen-bond donors (Lipinski definition) is 0. The third-order valence-electron chi connectivity index (χ3n) is 4.31. The van der Waals surface area contributed by atoms with E-state index < -0.39 is 0 Å². The van der Waals surface area contributed by atoms with E-state index in [1.165, 1.54) is 48.1 Å². The third-order valence-corrected chi connectivity index (χ3v) is 4.31. The molecule has 0 atom stereocenters. The first-order chi connectivity index (χ1) is 11.1. The molecule has 0 N–H and O–H groups in total. The number of aryl methyl sites for hydroxylation is 2. The molecule has 23 heavy (non-hydrogen) atoms. The zero-order valence-corrected chi connectivity index (χ0v) is 14.9. The Hall–Kier alpha value is -1.83. The Morgan fingerprint density at radius 2 is 1.74 bits per heavy atom. The summed E-state index contributed by atoms with van der Waals surface area (Å²) in [6, 6.07) is 12.6. The van der Waals surface area contributed by atoms with Crippen LogP contribution in [0.15, 0.2) is 36.4 Å². The van der Waals surface area contributed by atoms with Gasteiger partial charge < -0.3 is 4.74 Å². The van der Waals surface area contributed by atoms with E-state index in [1.54, 1.807) is 0 Å². The fraction of sp³-hybridized carbons (Fsp3) is 0.476. The molecular formula is C21H29NO. The van der Waals surface area contributed by atoms with Crippen LogP contribution >= 0.6 is 0 Å². The Balaban J connectivity index is 2.07. The SMILES string of the molecule is CCCC(CCC)c1cccc(OCc2ccc(C)cc2C)n1. The molecule has 0 aliphatic rings. The van der Waals surface area contributed by atoms with Crippen LogP contribution in [0.1, 0.15) is 67.8 Å². The Kier molecular flexibility index (Phi) is 6.64. The van der Waals surface area contributed by atoms with Gasteiger partial charge in [0.2, 0.25) is 5.88 Å². The molecular weight excluding hydrogens is 282 g/mol. The van der Waals surface area contributed by atoms with Crippen molar-refractivity contribution in [3.05, 3.63) is 58.8 Å². The van der Waals surface area contributed by atoms with E-state index in [-0.39, 0.29) is 0 Å². The van der Waals surface area contributed by atoms with Crippen LogP contribution in [0.25, 0.3) is 0 Å². The molecule has 2 heteroatoms. The second-order valence-electron chi connectivity index (χ2n) is 6.39. The van der Waals surface area contributed by atoms with E-state index in [2.05, 4.69) is 58.0 Å². The molecule has 0 saturated carbocycles. The summed E-state index contributed by atoms with van der Waals surface area (Å²) in [5, 5.41) is 0. The van der Waals surface area contributed by atoms with Crippen LogP contribution in [0, 0.1) is 13.8 Å². The molecule has 0 bridgehead atoms. The van der Waals surface area contributed by atoms with E-state index in [0.717, 1.165) is 5.88 Å². The van der Waals surface area contributed by atoms with Crippen LogP contribution < -0.4 is 4.74 Å². The van der Waals surface area contributed by atoms with Crippen LogP contribution in [-0.4, -0.2) is 4.98 Å². The smallest absolute Gasteiger partial charge is 0.213 e. The summed E-state index contributed by atoms with van der Waals surface area (Å²) in [7, 11) is 0. The summed E-state index contributed by atoms with van der Waals surface area (Å²) < 4.78 is 5.95. The highest BCUT2D eigenvalue weighted by Crippen LogP contribution is 2.26. The van der Waals surface area contributed by atoms with Gasteiger partial charge in [-0.3, -0.25) is 0 Å². The lowest BCUT2D eigenvalue weighted by Crippen LogP contribution is -2.04. The van der Waals surface area contributed by atoms with E-state index in [9.17, 15) is 0 Å². The maximum absolute atomic E-state index is 5.95. The lowest BCUT2D eigenvalue weighted by molar-refractivity contribution is 0.291. The molecule has 1 heterocycles. The first-order valence-electron chi connectivity index (χ1n) is 8.80. The van der Waals surface area contributed by atoms with Gasteiger partial charge in [-0.2, -0.15) is 0 Å². The predicted molar refractivity (Wildman–Crippen MR) is 97.0 cm³/mol. The standard InChI is InChI=1S/C21H29NO/c1-5-8-18(9-6-2)20-10-7-11-21(22-20)23-15-19-13-12-16(3)14-17(19)4/h7,10-14,18H,5-6,8-9,15H2,1-4H3. The molecule has 0 unspecified atom stereocenters. The lowest BCUT2D eigenvalue weighted by Gasteiger charge is -2.16. The molecule has 0 aliphatic heterocycles. The van der Waals surface area contributed by atoms with E-state index in [4.69, 9.17) is 9.72 Å². The minimum absolute atomic E-state index is 0.551. The second kappa shape index (κ2) is 8.71. The van der Waals surface area contributed by atoms with Crippen molar-refractivity contribution >= 4 is 0 Å². The number of hydrogen-bond acceptors (Lipinski definition) is 2. The Bertz CT molecular complexity index is 615. The summed E-state index contributed by atoms with van der Waals surface area (Å²) in [6.45, 7) is 9.31. The van der Waals surface area contributed by atoms with Gasteiger partial charge in [-0.25, -0.2) is 4.98 Å². The molecule has 1 aromatic carbocycles. The monoisotopic (exact) mass is 311 g/mol. The van der Waals surface area contributed by atoms with Gasteiger partial charge in [0.1, 0.15) is 6.61 Å². The minimum atomic E-state index is 0.551. The minimum Gasteiger partial charge on any atom is -0.473 e. The number of nitrogens with zero attached hydrogens (tertiary/aromatic N) is 1. The molecule has 0 saturated heterocycles. The van der Waals surface area contributed by atoms with Crippen LogP contribution in [0.4, 0.5) is 0 Å². The highest BCUT2D eigenvalue weighted by atomic mass is 16.5. The fourth-order valence-electron chi connectivity index (χ4n) is 3.04. The average molecular weight is 311 g/mol. The van der Waals surface area contributed by atoms with Crippen molar-refractivity contribution in [3.8, 4) is 5.88 Å².